The zero-order valence-corrected chi connectivity index (χ0v) is 9.69. The second kappa shape index (κ2) is 5.52. The Kier molecular flexibility index (Phi) is 3.78. The smallest absolute Gasteiger partial charge is 0.0452 e. The first-order chi connectivity index (χ1) is 7.90. The maximum atomic E-state index is 3.41. The summed E-state index contributed by atoms with van der Waals surface area (Å²) < 4.78 is 2.13. The molecule has 0 atom stereocenters. The molecule has 0 aliphatic rings. The minimum atomic E-state index is 0.947. The third-order valence-electron chi connectivity index (χ3n) is 2.57. The highest BCUT2D eigenvalue weighted by molar-refractivity contribution is 5.36. The van der Waals surface area contributed by atoms with Crippen LogP contribution in [0.3, 0.4) is 0 Å². The summed E-state index contributed by atoms with van der Waals surface area (Å²) in [5, 5.41) is 3.41. The van der Waals surface area contributed by atoms with Gasteiger partial charge in [0.2, 0.25) is 0 Å². The van der Waals surface area contributed by atoms with Crippen molar-refractivity contribution in [2.75, 3.05) is 6.54 Å². The van der Waals surface area contributed by atoms with Gasteiger partial charge in [-0.1, -0.05) is 19.1 Å². The van der Waals surface area contributed by atoms with E-state index in [9.17, 15) is 0 Å². The molecule has 2 heteroatoms. The van der Waals surface area contributed by atoms with Crippen molar-refractivity contribution in [1.29, 1.82) is 0 Å². The Morgan fingerprint density at radius 3 is 2.69 bits per heavy atom. The summed E-state index contributed by atoms with van der Waals surface area (Å²) in [4.78, 5) is 0. The van der Waals surface area contributed by atoms with E-state index in [0.29, 0.717) is 0 Å². The molecule has 16 heavy (non-hydrogen) atoms. The van der Waals surface area contributed by atoms with Crippen LogP contribution < -0.4 is 5.32 Å². The van der Waals surface area contributed by atoms with Crippen molar-refractivity contribution in [3.63, 3.8) is 0 Å². The summed E-state index contributed by atoms with van der Waals surface area (Å²) in [6.07, 6.45) is 5.31. The molecule has 84 valence electrons. The fourth-order valence-corrected chi connectivity index (χ4v) is 1.74. The number of aromatic nitrogens is 1. The second-order valence-corrected chi connectivity index (χ2v) is 3.94. The van der Waals surface area contributed by atoms with Crippen LogP contribution in [-0.2, 0) is 6.54 Å². The van der Waals surface area contributed by atoms with E-state index in [1.165, 1.54) is 17.7 Å². The van der Waals surface area contributed by atoms with Crippen molar-refractivity contribution in [3.05, 3.63) is 54.4 Å². The van der Waals surface area contributed by atoms with Crippen molar-refractivity contribution < 1.29 is 0 Å². The molecule has 1 heterocycles. The first-order valence-electron chi connectivity index (χ1n) is 5.83. The van der Waals surface area contributed by atoms with Crippen LogP contribution in [-0.4, -0.2) is 11.1 Å². The summed E-state index contributed by atoms with van der Waals surface area (Å²) in [5.74, 6) is 0. The van der Waals surface area contributed by atoms with Gasteiger partial charge in [0.25, 0.3) is 0 Å². The first kappa shape index (κ1) is 11.0. The maximum Gasteiger partial charge on any atom is 0.0452 e. The molecule has 0 spiro atoms. The van der Waals surface area contributed by atoms with Gasteiger partial charge in [-0.2, -0.15) is 0 Å². The number of hydrogen-bond acceptors (Lipinski definition) is 1. The Labute approximate surface area is 96.9 Å². The summed E-state index contributed by atoms with van der Waals surface area (Å²) in [5.41, 5.74) is 2.56. The van der Waals surface area contributed by atoms with Crippen LogP contribution in [0.25, 0.3) is 5.69 Å². The second-order valence-electron chi connectivity index (χ2n) is 3.94. The highest BCUT2D eigenvalue weighted by Crippen LogP contribution is 2.10. The van der Waals surface area contributed by atoms with E-state index >= 15 is 0 Å². The zero-order chi connectivity index (χ0) is 11.2. The first-order valence-corrected chi connectivity index (χ1v) is 5.83. The Morgan fingerprint density at radius 1 is 1.12 bits per heavy atom. The van der Waals surface area contributed by atoms with Crippen LogP contribution in [0.15, 0.2) is 48.8 Å². The predicted octanol–water partition coefficient (Wildman–Crippen LogP) is 2.98. The van der Waals surface area contributed by atoms with Crippen molar-refractivity contribution in [2.24, 2.45) is 0 Å². The van der Waals surface area contributed by atoms with Gasteiger partial charge in [-0.3, -0.25) is 0 Å². The van der Waals surface area contributed by atoms with Crippen LogP contribution in [0.4, 0.5) is 0 Å². The van der Waals surface area contributed by atoms with E-state index in [2.05, 4.69) is 53.5 Å². The lowest BCUT2D eigenvalue weighted by molar-refractivity contribution is 0.675. The molecule has 0 radical (unpaired) electrons. The van der Waals surface area contributed by atoms with Gasteiger partial charge in [-0.25, -0.2) is 0 Å². The number of nitrogens with one attached hydrogen (secondary N) is 1. The molecule has 0 amide bonds. The molecule has 0 saturated carbocycles. The van der Waals surface area contributed by atoms with E-state index in [0.717, 1.165) is 13.1 Å². The summed E-state index contributed by atoms with van der Waals surface area (Å²) in [6.45, 7) is 4.21. The van der Waals surface area contributed by atoms with Gasteiger partial charge in [0.1, 0.15) is 0 Å². The van der Waals surface area contributed by atoms with Gasteiger partial charge in [-0.05, 0) is 42.8 Å². The average molecular weight is 214 g/mol. The summed E-state index contributed by atoms with van der Waals surface area (Å²) in [7, 11) is 0. The third kappa shape index (κ3) is 2.74. The lowest BCUT2D eigenvalue weighted by atomic mass is 10.2. The molecule has 0 aliphatic carbocycles. The highest BCUT2D eigenvalue weighted by Gasteiger charge is 1.96. The van der Waals surface area contributed by atoms with Gasteiger partial charge >= 0.3 is 0 Å². The van der Waals surface area contributed by atoms with E-state index in [1.54, 1.807) is 0 Å². The minimum Gasteiger partial charge on any atom is -0.324 e. The molecular weight excluding hydrogens is 196 g/mol. The van der Waals surface area contributed by atoms with Crippen LogP contribution in [0.5, 0.6) is 0 Å². The molecule has 0 bridgehead atoms. The van der Waals surface area contributed by atoms with E-state index < -0.39 is 0 Å². The molecular formula is C14H18N2. The number of benzene rings is 1. The molecule has 2 aromatic rings. The zero-order valence-electron chi connectivity index (χ0n) is 9.69. The van der Waals surface area contributed by atoms with Crippen LogP contribution in [0.2, 0.25) is 0 Å². The summed E-state index contributed by atoms with van der Waals surface area (Å²) in [6, 6.07) is 12.7. The van der Waals surface area contributed by atoms with Gasteiger partial charge in [0.15, 0.2) is 0 Å². The lowest BCUT2D eigenvalue weighted by Crippen LogP contribution is -2.13. The highest BCUT2D eigenvalue weighted by atomic mass is 14.9. The Bertz CT molecular complexity index is 418. The quantitative estimate of drug-likeness (QED) is 0.757. The monoisotopic (exact) mass is 214 g/mol. The molecule has 1 aromatic carbocycles. The Balaban J connectivity index is 2.08. The van der Waals surface area contributed by atoms with Crippen molar-refractivity contribution in [1.82, 2.24) is 9.88 Å². The van der Waals surface area contributed by atoms with Gasteiger partial charge in [0.05, 0.1) is 0 Å². The van der Waals surface area contributed by atoms with Crippen molar-refractivity contribution >= 4 is 0 Å². The lowest BCUT2D eigenvalue weighted by Gasteiger charge is -2.07. The number of nitrogens with zero attached hydrogens (tertiary/aromatic N) is 1. The van der Waals surface area contributed by atoms with Gasteiger partial charge in [0, 0.05) is 24.6 Å². The minimum absolute atomic E-state index is 0.947. The molecule has 1 aromatic heterocycles. The molecule has 0 saturated heterocycles. The molecule has 0 unspecified atom stereocenters. The normalized spacial score (nSPS) is 10.6. The predicted molar refractivity (Wildman–Crippen MR) is 67.8 cm³/mol. The van der Waals surface area contributed by atoms with E-state index in [1.807, 2.05) is 12.1 Å². The largest absolute Gasteiger partial charge is 0.324 e. The van der Waals surface area contributed by atoms with Crippen LogP contribution >= 0.6 is 0 Å². The molecule has 2 nitrogen and oxygen atoms in total. The SMILES string of the molecule is CCCNCc1cccc(-n2cccc2)c1. The molecule has 0 fully saturated rings. The molecule has 0 aliphatic heterocycles. The average Bonchev–Trinajstić information content (AvgIpc) is 2.83. The topological polar surface area (TPSA) is 17.0 Å². The summed E-state index contributed by atoms with van der Waals surface area (Å²) >= 11 is 0. The fraction of sp³-hybridized carbons (Fsp3) is 0.286. The standard InChI is InChI=1S/C14H18N2/c1-2-8-15-12-13-6-5-7-14(11-13)16-9-3-4-10-16/h3-7,9-11,15H,2,8,12H2,1H3. The Hall–Kier alpha value is -1.54. The van der Waals surface area contributed by atoms with Crippen molar-refractivity contribution in [3.8, 4) is 5.69 Å². The maximum absolute atomic E-state index is 3.41. The van der Waals surface area contributed by atoms with Crippen molar-refractivity contribution in [2.45, 2.75) is 19.9 Å². The van der Waals surface area contributed by atoms with E-state index in [-0.39, 0.29) is 0 Å². The molecule has 2 rings (SSSR count). The molecule has 1 N–H and O–H groups in total. The number of rotatable bonds is 5. The Morgan fingerprint density at radius 2 is 1.94 bits per heavy atom. The van der Waals surface area contributed by atoms with Gasteiger partial charge in [-0.15, -0.1) is 0 Å². The van der Waals surface area contributed by atoms with Crippen LogP contribution in [0, 0.1) is 0 Å². The van der Waals surface area contributed by atoms with Gasteiger partial charge < -0.3 is 9.88 Å². The third-order valence-corrected chi connectivity index (χ3v) is 2.57. The fourth-order valence-electron chi connectivity index (χ4n) is 1.74. The van der Waals surface area contributed by atoms with E-state index in [4.69, 9.17) is 0 Å². The number of hydrogen-bond donors (Lipinski definition) is 1. The van der Waals surface area contributed by atoms with Crippen LogP contribution in [0.1, 0.15) is 18.9 Å².